The van der Waals surface area contributed by atoms with Crippen LogP contribution in [0.3, 0.4) is 0 Å². The second-order valence-electron chi connectivity index (χ2n) is 4.47. The topological polar surface area (TPSA) is 119 Å². The number of benzene rings is 1. The second kappa shape index (κ2) is 7.83. The average Bonchev–Trinajstić information content (AvgIpc) is 2.59. The Kier molecular flexibility index (Phi) is 6.01. The van der Waals surface area contributed by atoms with E-state index in [4.69, 9.17) is 23.2 Å². The molecule has 1 aromatic carbocycles. The summed E-state index contributed by atoms with van der Waals surface area (Å²) >= 11 is 11.5. The van der Waals surface area contributed by atoms with Crippen LogP contribution in [-0.2, 0) is 14.8 Å². The van der Waals surface area contributed by atoms with Crippen LogP contribution in [0.5, 0.6) is 0 Å². The smallest absolute Gasteiger partial charge is 0.422 e. The van der Waals surface area contributed by atoms with Crippen LogP contribution in [-0.4, -0.2) is 30.9 Å². The first-order valence-electron chi connectivity index (χ1n) is 6.74. The average molecular weight is 407 g/mol. The Bertz CT molecular complexity index is 944. The summed E-state index contributed by atoms with van der Waals surface area (Å²) in [5.41, 5.74) is 1.52. The number of rotatable bonds is 5. The van der Waals surface area contributed by atoms with Gasteiger partial charge in [0.2, 0.25) is 0 Å². The summed E-state index contributed by atoms with van der Waals surface area (Å²) in [5, 5.41) is 3.64. The number of nitrogens with one attached hydrogen (secondary N) is 2. The molecule has 25 heavy (non-hydrogen) atoms. The number of hydrogen-bond donors (Lipinski definition) is 2. The van der Waals surface area contributed by atoms with Crippen molar-refractivity contribution >= 4 is 39.3 Å². The van der Waals surface area contributed by atoms with Crippen LogP contribution in [0.2, 0.25) is 10.0 Å². The van der Waals surface area contributed by atoms with Crippen molar-refractivity contribution in [2.24, 2.45) is 0 Å². The molecule has 0 radical (unpaired) electrons. The summed E-state index contributed by atoms with van der Waals surface area (Å²) in [6.45, 7) is 1.67. The molecule has 1 aromatic heterocycles. The van der Waals surface area contributed by atoms with Gasteiger partial charge in [0.15, 0.2) is 0 Å². The van der Waals surface area contributed by atoms with Gasteiger partial charge in [0.05, 0.1) is 28.4 Å². The molecule has 2 aromatic rings. The van der Waals surface area contributed by atoms with Crippen molar-refractivity contribution in [3.8, 4) is 5.69 Å². The summed E-state index contributed by atoms with van der Waals surface area (Å²) < 4.78 is 29.6. The van der Waals surface area contributed by atoms with Crippen LogP contribution < -0.4 is 15.8 Å². The number of amides is 1. The number of ether oxygens (including phenoxy) is 1. The van der Waals surface area contributed by atoms with E-state index in [-0.39, 0.29) is 27.2 Å². The number of nitrogens with zero attached hydrogens (tertiary/aromatic N) is 2. The maximum Gasteiger partial charge on any atom is 0.422 e. The Morgan fingerprint density at radius 2 is 1.92 bits per heavy atom. The van der Waals surface area contributed by atoms with Gasteiger partial charge in [-0.3, -0.25) is 4.79 Å². The molecule has 134 valence electrons. The van der Waals surface area contributed by atoms with Crippen LogP contribution in [0.15, 0.2) is 40.2 Å². The predicted octanol–water partition coefficient (Wildman–Crippen LogP) is 1.48. The molecule has 2 rings (SSSR count). The molecule has 0 aliphatic rings. The largest absolute Gasteiger partial charge is 0.449 e. The number of hydrazine groups is 1. The molecular formula is C13H12Cl2N4O5S. The lowest BCUT2D eigenvalue weighted by Gasteiger charge is -2.09. The highest BCUT2D eigenvalue weighted by atomic mass is 35.5. The highest BCUT2D eigenvalue weighted by Gasteiger charge is 2.16. The number of hydrogen-bond acceptors (Lipinski definition) is 6. The SMILES string of the molecule is CCOC(=O)NNS(=O)(=O)c1ccc(-n2ncc(Cl)c(Cl)c2=O)cc1. The lowest BCUT2D eigenvalue weighted by molar-refractivity contribution is 0.150. The molecule has 0 aliphatic heterocycles. The van der Waals surface area contributed by atoms with Crippen molar-refractivity contribution in [3.05, 3.63) is 50.9 Å². The lowest BCUT2D eigenvalue weighted by atomic mass is 10.3. The van der Waals surface area contributed by atoms with Crippen LogP contribution >= 0.6 is 23.2 Å². The minimum atomic E-state index is -4.01. The van der Waals surface area contributed by atoms with Crippen molar-refractivity contribution in [3.63, 3.8) is 0 Å². The Balaban J connectivity index is 2.24. The van der Waals surface area contributed by atoms with Gasteiger partial charge in [-0.2, -0.15) is 9.78 Å². The minimum Gasteiger partial charge on any atom is -0.449 e. The summed E-state index contributed by atoms with van der Waals surface area (Å²) in [4.78, 5) is 24.9. The van der Waals surface area contributed by atoms with Crippen molar-refractivity contribution in [1.29, 1.82) is 0 Å². The highest BCUT2D eigenvalue weighted by Crippen LogP contribution is 2.17. The number of sulfonamides is 1. The summed E-state index contributed by atoms with van der Waals surface area (Å²) in [7, 11) is -4.01. The molecule has 9 nitrogen and oxygen atoms in total. The molecule has 0 saturated heterocycles. The Hall–Kier alpha value is -2.14. The van der Waals surface area contributed by atoms with Crippen molar-refractivity contribution in [2.75, 3.05) is 6.61 Å². The molecule has 0 saturated carbocycles. The molecule has 0 aliphatic carbocycles. The molecule has 0 atom stereocenters. The Morgan fingerprint density at radius 3 is 2.52 bits per heavy atom. The lowest BCUT2D eigenvalue weighted by Crippen LogP contribution is -2.41. The van der Waals surface area contributed by atoms with Gasteiger partial charge in [0.25, 0.3) is 15.6 Å². The molecule has 0 spiro atoms. The first-order chi connectivity index (χ1) is 11.8. The molecule has 12 heteroatoms. The van der Waals surface area contributed by atoms with E-state index in [0.717, 1.165) is 4.68 Å². The Morgan fingerprint density at radius 1 is 1.28 bits per heavy atom. The standard InChI is InChI=1S/C13H12Cl2N4O5S/c1-2-24-13(21)17-18-25(22,23)9-5-3-8(4-6-9)19-12(20)11(15)10(14)7-16-19/h3-7,18H,2H2,1H3,(H,17,21). The van der Waals surface area contributed by atoms with Crippen molar-refractivity contribution in [2.45, 2.75) is 11.8 Å². The predicted molar refractivity (Wildman–Crippen MR) is 90.3 cm³/mol. The molecule has 0 unspecified atom stereocenters. The number of carbonyl (C=O) groups excluding carboxylic acids is 1. The fraction of sp³-hybridized carbons (Fsp3) is 0.154. The van der Waals surface area contributed by atoms with Crippen LogP contribution in [0.25, 0.3) is 5.69 Å². The van der Waals surface area contributed by atoms with Gasteiger partial charge in [0, 0.05) is 0 Å². The Labute approximate surface area is 152 Å². The molecule has 0 bridgehead atoms. The van der Waals surface area contributed by atoms with Crippen molar-refractivity contribution < 1.29 is 17.9 Å². The maximum absolute atomic E-state index is 12.1. The van der Waals surface area contributed by atoms with Crippen molar-refractivity contribution in [1.82, 2.24) is 20.0 Å². The van der Waals surface area contributed by atoms with Gasteiger partial charge in [-0.15, -0.1) is 4.83 Å². The zero-order valence-corrected chi connectivity index (χ0v) is 15.0. The van der Waals surface area contributed by atoms with Crippen LogP contribution in [0.1, 0.15) is 6.92 Å². The fourth-order valence-corrected chi connectivity index (χ4v) is 2.78. The first-order valence-corrected chi connectivity index (χ1v) is 8.98. The van der Waals surface area contributed by atoms with E-state index in [2.05, 4.69) is 9.84 Å². The zero-order chi connectivity index (χ0) is 18.6. The third-order valence-electron chi connectivity index (χ3n) is 2.83. The van der Waals surface area contributed by atoms with Gasteiger partial charge < -0.3 is 4.74 Å². The normalized spacial score (nSPS) is 11.2. The van der Waals surface area contributed by atoms with E-state index in [0.29, 0.717) is 0 Å². The van der Waals surface area contributed by atoms with Gasteiger partial charge in [-0.05, 0) is 31.2 Å². The molecule has 2 N–H and O–H groups in total. The van der Waals surface area contributed by atoms with Gasteiger partial charge in [0.1, 0.15) is 5.02 Å². The first kappa shape index (κ1) is 19.2. The van der Waals surface area contributed by atoms with Gasteiger partial charge >= 0.3 is 6.09 Å². The van der Waals surface area contributed by atoms with Crippen LogP contribution in [0, 0.1) is 0 Å². The fourth-order valence-electron chi connectivity index (χ4n) is 1.70. The van der Waals surface area contributed by atoms with E-state index in [1.54, 1.807) is 6.92 Å². The molecule has 1 heterocycles. The third kappa shape index (κ3) is 4.48. The zero-order valence-electron chi connectivity index (χ0n) is 12.7. The summed E-state index contributed by atoms with van der Waals surface area (Å²) in [6, 6.07) is 5.14. The molecule has 0 fully saturated rings. The number of carbonyl (C=O) groups is 1. The van der Waals surface area contributed by atoms with E-state index < -0.39 is 21.7 Å². The van der Waals surface area contributed by atoms with E-state index >= 15 is 0 Å². The summed E-state index contributed by atoms with van der Waals surface area (Å²) in [6.07, 6.45) is 0.259. The van der Waals surface area contributed by atoms with Gasteiger partial charge in [-0.1, -0.05) is 23.2 Å². The number of halogens is 2. The number of aromatic nitrogens is 2. The highest BCUT2D eigenvalue weighted by molar-refractivity contribution is 7.89. The molecule has 1 amide bonds. The van der Waals surface area contributed by atoms with Crippen LogP contribution in [0.4, 0.5) is 4.79 Å². The van der Waals surface area contributed by atoms with E-state index in [1.807, 2.05) is 10.3 Å². The quantitative estimate of drug-likeness (QED) is 0.725. The monoisotopic (exact) mass is 406 g/mol. The van der Waals surface area contributed by atoms with E-state index in [9.17, 15) is 18.0 Å². The minimum absolute atomic E-state index is 0.0105. The third-order valence-corrected chi connectivity index (χ3v) is 4.84. The molecular weight excluding hydrogens is 395 g/mol. The van der Waals surface area contributed by atoms with Gasteiger partial charge in [-0.25, -0.2) is 18.6 Å². The second-order valence-corrected chi connectivity index (χ2v) is 6.94. The van der Waals surface area contributed by atoms with E-state index in [1.165, 1.54) is 30.5 Å². The summed E-state index contributed by atoms with van der Waals surface area (Å²) in [5.74, 6) is 0. The maximum atomic E-state index is 12.1.